The molecule has 0 saturated carbocycles. The summed E-state index contributed by atoms with van der Waals surface area (Å²) in [6, 6.07) is 20.2. The lowest BCUT2D eigenvalue weighted by Crippen LogP contribution is -2.31. The molecule has 0 saturated heterocycles. The number of esters is 1. The molecule has 116 valence electrons. The second-order valence-electron chi connectivity index (χ2n) is 5.55. The van der Waals surface area contributed by atoms with Gasteiger partial charge in [-0.15, -0.1) is 0 Å². The van der Waals surface area contributed by atoms with Crippen LogP contribution in [0.1, 0.15) is 37.4 Å². The van der Waals surface area contributed by atoms with Crippen molar-refractivity contribution in [3.05, 3.63) is 71.8 Å². The van der Waals surface area contributed by atoms with E-state index in [1.165, 1.54) is 5.56 Å². The molecule has 0 aliphatic heterocycles. The molecule has 0 aliphatic carbocycles. The molecule has 2 aromatic carbocycles. The zero-order chi connectivity index (χ0) is 15.8. The molecule has 0 aromatic heterocycles. The summed E-state index contributed by atoms with van der Waals surface area (Å²) in [6.45, 7) is 4.44. The van der Waals surface area contributed by atoms with Crippen LogP contribution in [0, 0.1) is 0 Å². The van der Waals surface area contributed by atoms with E-state index in [0.717, 1.165) is 5.56 Å². The first-order valence-electron chi connectivity index (χ1n) is 7.65. The zero-order valence-electron chi connectivity index (χ0n) is 13.2. The number of hydrogen-bond donors (Lipinski definition) is 1. The Labute approximate surface area is 132 Å². The van der Waals surface area contributed by atoms with Crippen LogP contribution in [0.25, 0.3) is 0 Å². The topological polar surface area (TPSA) is 38.3 Å². The van der Waals surface area contributed by atoms with Gasteiger partial charge >= 0.3 is 5.97 Å². The summed E-state index contributed by atoms with van der Waals surface area (Å²) >= 11 is 0. The summed E-state index contributed by atoms with van der Waals surface area (Å²) in [5, 5.41) is 3.42. The number of nitrogens with one attached hydrogen (secondary N) is 1. The van der Waals surface area contributed by atoms with E-state index in [-0.39, 0.29) is 18.1 Å². The SMILES string of the molecule is C[C@H](N[C@@H](C)CC(=O)OCc1ccccc1)c1ccccc1. The standard InChI is InChI=1S/C19H23NO2/c1-15(20-16(2)18-11-7-4-8-12-18)13-19(21)22-14-17-9-5-3-6-10-17/h3-12,15-16,20H,13-14H2,1-2H3/t15-,16-/m0/s1. The van der Waals surface area contributed by atoms with Crippen LogP contribution in [0.4, 0.5) is 0 Å². The molecule has 0 unspecified atom stereocenters. The minimum atomic E-state index is -0.177. The van der Waals surface area contributed by atoms with Crippen molar-refractivity contribution in [2.24, 2.45) is 0 Å². The van der Waals surface area contributed by atoms with Crippen LogP contribution in [0.3, 0.4) is 0 Å². The van der Waals surface area contributed by atoms with E-state index in [1.54, 1.807) is 0 Å². The molecule has 0 radical (unpaired) electrons. The van der Waals surface area contributed by atoms with Crippen molar-refractivity contribution < 1.29 is 9.53 Å². The average Bonchev–Trinajstić information content (AvgIpc) is 2.54. The Kier molecular flexibility index (Phi) is 6.16. The smallest absolute Gasteiger partial charge is 0.307 e. The van der Waals surface area contributed by atoms with Gasteiger partial charge in [-0.05, 0) is 25.0 Å². The summed E-state index contributed by atoms with van der Waals surface area (Å²) < 4.78 is 5.31. The Morgan fingerprint density at radius 1 is 1.00 bits per heavy atom. The van der Waals surface area contributed by atoms with E-state index < -0.39 is 0 Å². The van der Waals surface area contributed by atoms with Crippen molar-refractivity contribution in [1.82, 2.24) is 5.32 Å². The van der Waals surface area contributed by atoms with Crippen LogP contribution in [0.5, 0.6) is 0 Å². The lowest BCUT2D eigenvalue weighted by Gasteiger charge is -2.19. The third-order valence-corrected chi connectivity index (χ3v) is 3.55. The van der Waals surface area contributed by atoms with Crippen molar-refractivity contribution >= 4 is 5.97 Å². The Morgan fingerprint density at radius 3 is 2.23 bits per heavy atom. The Morgan fingerprint density at radius 2 is 1.59 bits per heavy atom. The molecule has 2 aromatic rings. The summed E-state index contributed by atoms with van der Waals surface area (Å²) in [7, 11) is 0. The van der Waals surface area contributed by atoms with Crippen LogP contribution in [-0.2, 0) is 16.1 Å². The second-order valence-corrected chi connectivity index (χ2v) is 5.55. The number of hydrogen-bond acceptors (Lipinski definition) is 3. The maximum atomic E-state index is 11.9. The van der Waals surface area contributed by atoms with E-state index in [2.05, 4.69) is 24.4 Å². The highest BCUT2D eigenvalue weighted by Crippen LogP contribution is 2.13. The first-order chi connectivity index (χ1) is 10.6. The van der Waals surface area contributed by atoms with Gasteiger partial charge in [0.15, 0.2) is 0 Å². The number of benzene rings is 2. The van der Waals surface area contributed by atoms with Crippen LogP contribution in [0.2, 0.25) is 0 Å². The van der Waals surface area contributed by atoms with Gasteiger partial charge in [0.05, 0.1) is 6.42 Å². The van der Waals surface area contributed by atoms with Crippen molar-refractivity contribution in [1.29, 1.82) is 0 Å². The summed E-state index contributed by atoms with van der Waals surface area (Å²) in [4.78, 5) is 11.9. The minimum Gasteiger partial charge on any atom is -0.461 e. The number of ether oxygens (including phenoxy) is 1. The van der Waals surface area contributed by atoms with Gasteiger partial charge < -0.3 is 10.1 Å². The van der Waals surface area contributed by atoms with E-state index in [4.69, 9.17) is 4.74 Å². The van der Waals surface area contributed by atoms with E-state index in [9.17, 15) is 4.79 Å². The average molecular weight is 297 g/mol. The molecule has 2 atom stereocenters. The Bertz CT molecular complexity index is 569. The summed E-state index contributed by atoms with van der Waals surface area (Å²) in [6.07, 6.45) is 0.365. The normalized spacial score (nSPS) is 13.4. The minimum absolute atomic E-state index is 0.0680. The molecule has 22 heavy (non-hydrogen) atoms. The second kappa shape index (κ2) is 8.35. The molecule has 2 rings (SSSR count). The van der Waals surface area contributed by atoms with Gasteiger partial charge in [0.2, 0.25) is 0 Å². The molecule has 0 amide bonds. The molecule has 0 fully saturated rings. The third-order valence-electron chi connectivity index (χ3n) is 3.55. The maximum absolute atomic E-state index is 11.9. The first kappa shape index (κ1) is 16.2. The molecule has 3 heteroatoms. The van der Waals surface area contributed by atoms with Crippen molar-refractivity contribution in [2.75, 3.05) is 0 Å². The van der Waals surface area contributed by atoms with Crippen LogP contribution in [-0.4, -0.2) is 12.0 Å². The predicted octanol–water partition coefficient (Wildman–Crippen LogP) is 3.86. The predicted molar refractivity (Wildman–Crippen MR) is 88.3 cm³/mol. The Balaban J connectivity index is 1.74. The highest BCUT2D eigenvalue weighted by atomic mass is 16.5. The highest BCUT2D eigenvalue weighted by Gasteiger charge is 2.13. The van der Waals surface area contributed by atoms with E-state index in [0.29, 0.717) is 13.0 Å². The quantitative estimate of drug-likeness (QED) is 0.789. The maximum Gasteiger partial charge on any atom is 0.307 e. The van der Waals surface area contributed by atoms with Crippen LogP contribution >= 0.6 is 0 Å². The van der Waals surface area contributed by atoms with Gasteiger partial charge in [-0.2, -0.15) is 0 Å². The molecule has 3 nitrogen and oxygen atoms in total. The monoisotopic (exact) mass is 297 g/mol. The van der Waals surface area contributed by atoms with Gasteiger partial charge in [0, 0.05) is 12.1 Å². The van der Waals surface area contributed by atoms with Gasteiger partial charge in [-0.1, -0.05) is 60.7 Å². The van der Waals surface area contributed by atoms with Gasteiger partial charge in [0.1, 0.15) is 6.61 Å². The number of carbonyl (C=O) groups is 1. The fourth-order valence-electron chi connectivity index (χ4n) is 2.37. The lowest BCUT2D eigenvalue weighted by atomic mass is 10.1. The summed E-state index contributed by atoms with van der Waals surface area (Å²) in [5.74, 6) is -0.177. The fraction of sp³-hybridized carbons (Fsp3) is 0.316. The molecular formula is C19H23NO2. The molecule has 0 spiro atoms. The van der Waals surface area contributed by atoms with Crippen LogP contribution in [0.15, 0.2) is 60.7 Å². The largest absolute Gasteiger partial charge is 0.461 e. The van der Waals surface area contributed by atoms with E-state index in [1.807, 2.05) is 55.5 Å². The zero-order valence-corrected chi connectivity index (χ0v) is 13.2. The number of carbonyl (C=O) groups excluding carboxylic acids is 1. The summed E-state index contributed by atoms with van der Waals surface area (Å²) in [5.41, 5.74) is 2.22. The lowest BCUT2D eigenvalue weighted by molar-refractivity contribution is -0.145. The van der Waals surface area contributed by atoms with Crippen molar-refractivity contribution in [3.63, 3.8) is 0 Å². The molecule has 0 bridgehead atoms. The van der Waals surface area contributed by atoms with Gasteiger partial charge in [-0.3, -0.25) is 4.79 Å². The Hall–Kier alpha value is -2.13. The van der Waals surface area contributed by atoms with Crippen LogP contribution < -0.4 is 5.32 Å². The fourth-order valence-corrected chi connectivity index (χ4v) is 2.37. The van der Waals surface area contributed by atoms with Crippen molar-refractivity contribution in [3.8, 4) is 0 Å². The molecule has 0 aliphatic rings. The number of rotatable bonds is 7. The third kappa shape index (κ3) is 5.34. The highest BCUT2D eigenvalue weighted by molar-refractivity contribution is 5.70. The van der Waals surface area contributed by atoms with E-state index >= 15 is 0 Å². The molecule has 0 heterocycles. The van der Waals surface area contributed by atoms with Crippen molar-refractivity contribution in [2.45, 2.75) is 39.0 Å². The first-order valence-corrected chi connectivity index (χ1v) is 7.65. The molecule has 1 N–H and O–H groups in total. The molecular weight excluding hydrogens is 274 g/mol. The van der Waals surface area contributed by atoms with Gasteiger partial charge in [-0.25, -0.2) is 0 Å². The van der Waals surface area contributed by atoms with Gasteiger partial charge in [0.25, 0.3) is 0 Å².